The van der Waals surface area contributed by atoms with Gasteiger partial charge < -0.3 is 14.1 Å². The van der Waals surface area contributed by atoms with E-state index in [1.807, 2.05) is 0 Å². The topological polar surface area (TPSA) is 90.1 Å². The Bertz CT molecular complexity index is 1160. The Labute approximate surface area is 158 Å². The average Bonchev–Trinajstić information content (AvgIpc) is 3.02. The van der Waals surface area contributed by atoms with Crippen LogP contribution in [-0.4, -0.2) is 21.6 Å². The summed E-state index contributed by atoms with van der Waals surface area (Å²) in [6.07, 6.45) is -4.97. The van der Waals surface area contributed by atoms with Gasteiger partial charge in [0.2, 0.25) is 5.89 Å². The molecule has 0 spiro atoms. The van der Waals surface area contributed by atoms with E-state index in [0.29, 0.717) is 0 Å². The van der Waals surface area contributed by atoms with Crippen molar-refractivity contribution >= 4 is 22.7 Å². The number of hydrogen-bond donors (Lipinski definition) is 1. The molecule has 0 aliphatic carbocycles. The summed E-state index contributed by atoms with van der Waals surface area (Å²) < 4.78 is 63.9. The lowest BCUT2D eigenvalue weighted by atomic mass is 10.1. The smallest absolute Gasteiger partial charge is 0.431 e. The molecule has 0 atom stereocenters. The van der Waals surface area contributed by atoms with Gasteiger partial charge in [0.1, 0.15) is 22.5 Å². The van der Waals surface area contributed by atoms with Gasteiger partial charge in [-0.3, -0.25) is 4.79 Å². The second-order valence-electron chi connectivity index (χ2n) is 6.26. The van der Waals surface area contributed by atoms with E-state index in [2.05, 4.69) is 4.98 Å². The predicted octanol–water partition coefficient (Wildman–Crippen LogP) is 3.36. The predicted molar refractivity (Wildman–Crippen MR) is 90.2 cm³/mol. The molecule has 12 heteroatoms. The maximum atomic E-state index is 14.6. The summed E-state index contributed by atoms with van der Waals surface area (Å²) in [7, 11) is 1.36. The first-order chi connectivity index (χ1) is 12.9. The van der Waals surface area contributed by atoms with Crippen molar-refractivity contribution in [3.8, 4) is 5.69 Å². The summed E-state index contributed by atoms with van der Waals surface area (Å²) in [6, 6.07) is 0.909. The van der Waals surface area contributed by atoms with Gasteiger partial charge in [-0.2, -0.15) is 13.2 Å². The number of aromatic nitrogens is 3. The molecule has 0 radical (unpaired) electrons. The quantitative estimate of drug-likeness (QED) is 0.655. The van der Waals surface area contributed by atoms with Crippen LogP contribution in [0.5, 0.6) is 0 Å². The lowest BCUT2D eigenvalue weighted by Gasteiger charge is -2.17. The van der Waals surface area contributed by atoms with Crippen LogP contribution < -0.4 is 11.2 Å². The zero-order valence-electron chi connectivity index (χ0n) is 14.6. The molecule has 2 aromatic heterocycles. The standard InChI is InChI=1S/C16H12ClF4N3O4/c1-15(2,27-3)13-23-10-6(17)4-7(18)11(12(10)28-13)24-9(25)5-8(16(19,20)21)22-14(24)26/h4-5H,1-3H3,(H,22,26). The number of rotatable bonds is 3. The van der Waals surface area contributed by atoms with Crippen molar-refractivity contribution in [2.75, 3.05) is 7.11 Å². The van der Waals surface area contributed by atoms with Gasteiger partial charge in [-0.25, -0.2) is 18.7 Å². The second-order valence-corrected chi connectivity index (χ2v) is 6.67. The number of fused-ring (bicyclic) bond motifs is 1. The van der Waals surface area contributed by atoms with Crippen molar-refractivity contribution in [3.05, 3.63) is 55.4 Å². The molecule has 0 saturated heterocycles. The summed E-state index contributed by atoms with van der Waals surface area (Å²) >= 11 is 5.97. The van der Waals surface area contributed by atoms with E-state index in [-0.39, 0.29) is 27.1 Å². The normalized spacial score (nSPS) is 12.7. The Hall–Kier alpha value is -2.66. The molecule has 0 aliphatic rings. The number of alkyl halides is 3. The Morgan fingerprint density at radius 1 is 1.25 bits per heavy atom. The number of H-pyrrole nitrogens is 1. The molecular formula is C16H12ClF4N3O4. The van der Waals surface area contributed by atoms with Crippen LogP contribution >= 0.6 is 11.6 Å². The minimum absolute atomic E-state index is 0.0462. The third-order valence-corrected chi connectivity index (χ3v) is 4.32. The number of oxazole rings is 1. The molecule has 1 N–H and O–H groups in total. The highest BCUT2D eigenvalue weighted by Crippen LogP contribution is 2.35. The molecule has 3 aromatic rings. The van der Waals surface area contributed by atoms with Crippen LogP contribution in [0.3, 0.4) is 0 Å². The molecule has 2 heterocycles. The minimum Gasteiger partial charge on any atom is -0.435 e. The minimum atomic E-state index is -4.97. The Kier molecular flexibility index (Phi) is 4.63. The van der Waals surface area contributed by atoms with Crippen LogP contribution in [-0.2, 0) is 16.5 Å². The summed E-state index contributed by atoms with van der Waals surface area (Å²) in [5.74, 6) is -1.21. The lowest BCUT2D eigenvalue weighted by molar-refractivity contribution is -0.141. The molecule has 0 unspecified atom stereocenters. The van der Waals surface area contributed by atoms with E-state index < -0.39 is 45.8 Å². The summed E-state index contributed by atoms with van der Waals surface area (Å²) in [5, 5.41) is -0.186. The van der Waals surface area contributed by atoms with Gasteiger partial charge in [-0.1, -0.05) is 11.6 Å². The van der Waals surface area contributed by atoms with E-state index in [0.717, 1.165) is 6.07 Å². The highest BCUT2D eigenvalue weighted by Gasteiger charge is 2.34. The molecule has 1 aromatic carbocycles. The molecular weight excluding hydrogens is 410 g/mol. The lowest BCUT2D eigenvalue weighted by Crippen LogP contribution is -2.36. The summed E-state index contributed by atoms with van der Waals surface area (Å²) in [6.45, 7) is 3.16. The SMILES string of the molecule is COC(C)(C)c1nc2c(Cl)cc(F)c(-n3c(=O)cc(C(F)(F)F)[nH]c3=O)c2o1. The monoisotopic (exact) mass is 421 g/mol. The number of nitrogens with one attached hydrogen (secondary N) is 1. The highest BCUT2D eigenvalue weighted by atomic mass is 35.5. The molecule has 28 heavy (non-hydrogen) atoms. The van der Waals surface area contributed by atoms with Crippen molar-refractivity contribution in [2.24, 2.45) is 0 Å². The largest absolute Gasteiger partial charge is 0.435 e. The van der Waals surface area contributed by atoms with E-state index in [1.54, 1.807) is 13.8 Å². The molecule has 0 amide bonds. The van der Waals surface area contributed by atoms with Gasteiger partial charge in [0.15, 0.2) is 11.4 Å². The fourth-order valence-corrected chi connectivity index (χ4v) is 2.64. The Morgan fingerprint density at radius 2 is 1.89 bits per heavy atom. The van der Waals surface area contributed by atoms with Gasteiger partial charge in [0, 0.05) is 13.2 Å². The third-order valence-electron chi connectivity index (χ3n) is 4.04. The van der Waals surface area contributed by atoms with Crippen molar-refractivity contribution in [1.29, 1.82) is 0 Å². The zero-order chi connectivity index (χ0) is 21.0. The maximum Gasteiger partial charge on any atom is 0.431 e. The molecule has 7 nitrogen and oxygen atoms in total. The molecule has 0 bridgehead atoms. The van der Waals surface area contributed by atoms with Gasteiger partial charge >= 0.3 is 11.9 Å². The van der Waals surface area contributed by atoms with Gasteiger partial charge in [-0.05, 0) is 19.9 Å². The second kappa shape index (κ2) is 6.45. The molecule has 0 saturated carbocycles. The zero-order valence-corrected chi connectivity index (χ0v) is 15.3. The number of aromatic amines is 1. The highest BCUT2D eigenvalue weighted by molar-refractivity contribution is 6.35. The van der Waals surface area contributed by atoms with Gasteiger partial charge in [-0.15, -0.1) is 0 Å². The summed E-state index contributed by atoms with van der Waals surface area (Å²) in [4.78, 5) is 30.0. The van der Waals surface area contributed by atoms with Crippen LogP contribution in [0, 0.1) is 5.82 Å². The van der Waals surface area contributed by atoms with E-state index in [1.165, 1.54) is 12.1 Å². The first kappa shape index (κ1) is 20.1. The maximum absolute atomic E-state index is 14.6. The third kappa shape index (κ3) is 3.20. The number of ether oxygens (including phenoxy) is 1. The number of methoxy groups -OCH3 is 1. The summed E-state index contributed by atoms with van der Waals surface area (Å²) in [5.41, 5.74) is -6.77. The van der Waals surface area contributed by atoms with E-state index >= 15 is 0 Å². The molecule has 0 aliphatic heterocycles. The Morgan fingerprint density at radius 3 is 2.43 bits per heavy atom. The van der Waals surface area contributed by atoms with Gasteiger partial charge in [0.05, 0.1) is 5.02 Å². The molecule has 0 fully saturated rings. The number of benzene rings is 1. The van der Waals surface area contributed by atoms with E-state index in [4.69, 9.17) is 20.8 Å². The van der Waals surface area contributed by atoms with Crippen LogP contribution in [0.2, 0.25) is 5.02 Å². The van der Waals surface area contributed by atoms with Crippen LogP contribution in [0.1, 0.15) is 25.4 Å². The van der Waals surface area contributed by atoms with Crippen molar-refractivity contribution < 1.29 is 26.7 Å². The van der Waals surface area contributed by atoms with Crippen molar-refractivity contribution in [2.45, 2.75) is 25.6 Å². The van der Waals surface area contributed by atoms with Gasteiger partial charge in [0.25, 0.3) is 5.56 Å². The number of nitrogens with zero attached hydrogens (tertiary/aromatic N) is 2. The van der Waals surface area contributed by atoms with Crippen LogP contribution in [0.25, 0.3) is 16.8 Å². The number of hydrogen-bond acceptors (Lipinski definition) is 5. The average molecular weight is 422 g/mol. The first-order valence-corrected chi connectivity index (χ1v) is 8.02. The fraction of sp³-hybridized carbons (Fsp3) is 0.312. The molecule has 150 valence electrons. The first-order valence-electron chi connectivity index (χ1n) is 7.65. The van der Waals surface area contributed by atoms with Crippen LogP contribution in [0.4, 0.5) is 17.6 Å². The van der Waals surface area contributed by atoms with Crippen LogP contribution in [0.15, 0.2) is 26.1 Å². The van der Waals surface area contributed by atoms with Crippen molar-refractivity contribution in [3.63, 3.8) is 0 Å². The van der Waals surface area contributed by atoms with E-state index in [9.17, 15) is 27.2 Å². The van der Waals surface area contributed by atoms with Crippen molar-refractivity contribution in [1.82, 2.24) is 14.5 Å². The molecule has 3 rings (SSSR count). The number of halogens is 5. The fourth-order valence-electron chi connectivity index (χ4n) is 2.41. The Balaban J connectivity index is 2.39.